The molecule has 2 aliphatic heterocycles. The fraction of sp³-hybridized carbons (Fsp3) is 0.458. The third kappa shape index (κ3) is 4.93. The molecule has 2 aliphatic rings. The van der Waals surface area contributed by atoms with Crippen LogP contribution >= 0.6 is 11.8 Å². The predicted molar refractivity (Wildman–Crippen MR) is 125 cm³/mol. The summed E-state index contributed by atoms with van der Waals surface area (Å²) >= 11 is 1.88. The van der Waals surface area contributed by atoms with Crippen molar-refractivity contribution in [1.29, 1.82) is 0 Å². The zero-order valence-electron chi connectivity index (χ0n) is 17.9. The molecule has 160 valence electrons. The van der Waals surface area contributed by atoms with E-state index in [0.717, 1.165) is 57.0 Å². The maximum atomic E-state index is 13.3. The number of carbonyl (C=O) groups excluding carboxylic acids is 1. The van der Waals surface area contributed by atoms with Crippen molar-refractivity contribution in [3.63, 3.8) is 0 Å². The molecule has 0 saturated carbocycles. The Bertz CT molecular complexity index is 858. The number of benzene rings is 2. The highest BCUT2D eigenvalue weighted by atomic mass is 32.2. The molecule has 5 nitrogen and oxygen atoms in total. The highest BCUT2D eigenvalue weighted by Gasteiger charge is 2.26. The Labute approximate surface area is 184 Å². The molecule has 0 spiro atoms. The highest BCUT2D eigenvalue weighted by Crippen LogP contribution is 2.37. The average molecular weight is 426 g/mol. The van der Waals surface area contributed by atoms with Crippen LogP contribution in [0.2, 0.25) is 0 Å². The standard InChI is InChI=1S/C24H31N3O2S/c1-19-12-15-27(22-6-3-4-7-23(22)30-19)24(28)18-25-13-5-14-26(17-16-25)20-8-10-21(29-2)11-9-20/h3-4,6-11,19H,5,12-18H2,1-2H3/t19-/m1/s1. The van der Waals surface area contributed by atoms with Crippen LogP contribution in [0.1, 0.15) is 19.8 Å². The number of rotatable bonds is 4. The number of fused-ring (bicyclic) bond motifs is 1. The molecular formula is C24H31N3O2S. The number of carbonyl (C=O) groups is 1. The van der Waals surface area contributed by atoms with E-state index in [0.29, 0.717) is 11.8 Å². The summed E-state index contributed by atoms with van der Waals surface area (Å²) in [5.74, 6) is 1.10. The number of ether oxygens (including phenoxy) is 1. The zero-order chi connectivity index (χ0) is 20.9. The first-order valence-corrected chi connectivity index (χ1v) is 11.7. The number of nitrogens with zero attached hydrogens (tertiary/aromatic N) is 3. The SMILES string of the molecule is COc1ccc(N2CCCN(CC(=O)N3CC[C@@H](C)Sc4ccccc43)CC2)cc1. The molecule has 30 heavy (non-hydrogen) atoms. The summed E-state index contributed by atoms with van der Waals surface area (Å²) in [5.41, 5.74) is 2.29. The van der Waals surface area contributed by atoms with Gasteiger partial charge in [-0.2, -0.15) is 0 Å². The molecule has 1 amide bonds. The number of amides is 1. The lowest BCUT2D eigenvalue weighted by Gasteiger charge is -2.27. The minimum absolute atomic E-state index is 0.218. The molecule has 1 saturated heterocycles. The van der Waals surface area contributed by atoms with E-state index in [1.54, 1.807) is 7.11 Å². The number of hydrogen-bond donors (Lipinski definition) is 0. The molecule has 1 fully saturated rings. The summed E-state index contributed by atoms with van der Waals surface area (Å²) in [6, 6.07) is 16.6. The van der Waals surface area contributed by atoms with Crippen molar-refractivity contribution in [3.05, 3.63) is 48.5 Å². The van der Waals surface area contributed by atoms with Crippen LogP contribution in [0.15, 0.2) is 53.4 Å². The minimum atomic E-state index is 0.218. The van der Waals surface area contributed by atoms with E-state index in [1.807, 2.05) is 34.9 Å². The Hall–Kier alpha value is -2.18. The van der Waals surface area contributed by atoms with E-state index < -0.39 is 0 Å². The smallest absolute Gasteiger partial charge is 0.241 e. The Morgan fingerprint density at radius 3 is 2.63 bits per heavy atom. The van der Waals surface area contributed by atoms with Crippen LogP contribution in [0, 0.1) is 0 Å². The van der Waals surface area contributed by atoms with Gasteiger partial charge in [0.1, 0.15) is 5.75 Å². The number of hydrogen-bond acceptors (Lipinski definition) is 5. The van der Waals surface area contributed by atoms with Gasteiger partial charge in [-0.15, -0.1) is 11.8 Å². The van der Waals surface area contributed by atoms with Gasteiger partial charge in [0.2, 0.25) is 5.91 Å². The number of para-hydroxylation sites is 1. The molecule has 2 heterocycles. The third-order valence-corrected chi connectivity index (χ3v) is 7.17. The van der Waals surface area contributed by atoms with Gasteiger partial charge in [0.25, 0.3) is 0 Å². The lowest BCUT2D eigenvalue weighted by molar-refractivity contribution is -0.119. The van der Waals surface area contributed by atoms with Crippen LogP contribution < -0.4 is 14.5 Å². The molecule has 0 aliphatic carbocycles. The highest BCUT2D eigenvalue weighted by molar-refractivity contribution is 8.00. The van der Waals surface area contributed by atoms with Crippen molar-refractivity contribution in [2.45, 2.75) is 29.9 Å². The maximum Gasteiger partial charge on any atom is 0.241 e. The van der Waals surface area contributed by atoms with Crippen LogP contribution in [0.3, 0.4) is 0 Å². The van der Waals surface area contributed by atoms with Gasteiger partial charge >= 0.3 is 0 Å². The molecule has 2 aromatic rings. The largest absolute Gasteiger partial charge is 0.497 e. The predicted octanol–water partition coefficient (Wildman–Crippen LogP) is 4.12. The van der Waals surface area contributed by atoms with E-state index in [2.05, 4.69) is 47.1 Å². The first-order valence-electron chi connectivity index (χ1n) is 10.8. The monoisotopic (exact) mass is 425 g/mol. The first kappa shape index (κ1) is 21.1. The molecule has 0 unspecified atom stereocenters. The van der Waals surface area contributed by atoms with Gasteiger partial charge in [-0.3, -0.25) is 9.69 Å². The van der Waals surface area contributed by atoms with E-state index in [4.69, 9.17) is 4.74 Å². The lowest BCUT2D eigenvalue weighted by atomic mass is 10.2. The molecule has 0 N–H and O–H groups in total. The number of anilines is 2. The van der Waals surface area contributed by atoms with E-state index in [-0.39, 0.29) is 5.91 Å². The summed E-state index contributed by atoms with van der Waals surface area (Å²) in [6.45, 7) is 7.34. The molecule has 0 radical (unpaired) electrons. The fourth-order valence-electron chi connectivity index (χ4n) is 4.20. The van der Waals surface area contributed by atoms with Crippen molar-refractivity contribution in [2.75, 3.05) is 56.2 Å². The second-order valence-electron chi connectivity index (χ2n) is 8.05. The molecular weight excluding hydrogens is 394 g/mol. The van der Waals surface area contributed by atoms with Crippen LogP contribution in [0.25, 0.3) is 0 Å². The summed E-state index contributed by atoms with van der Waals surface area (Å²) < 4.78 is 5.27. The summed E-state index contributed by atoms with van der Waals surface area (Å²) in [6.07, 6.45) is 2.08. The van der Waals surface area contributed by atoms with Crippen molar-refractivity contribution < 1.29 is 9.53 Å². The minimum Gasteiger partial charge on any atom is -0.497 e. The van der Waals surface area contributed by atoms with Crippen LogP contribution in [0.4, 0.5) is 11.4 Å². The lowest BCUT2D eigenvalue weighted by Crippen LogP contribution is -2.42. The van der Waals surface area contributed by atoms with Crippen LogP contribution in [0.5, 0.6) is 5.75 Å². The van der Waals surface area contributed by atoms with Crippen molar-refractivity contribution in [1.82, 2.24) is 4.90 Å². The van der Waals surface area contributed by atoms with Crippen LogP contribution in [-0.2, 0) is 4.79 Å². The number of methoxy groups -OCH3 is 1. The summed E-state index contributed by atoms with van der Waals surface area (Å²) in [5, 5.41) is 0.528. The molecule has 6 heteroatoms. The van der Waals surface area contributed by atoms with Gasteiger partial charge in [-0.25, -0.2) is 0 Å². The first-order chi connectivity index (χ1) is 14.6. The van der Waals surface area contributed by atoms with Gasteiger partial charge in [0, 0.05) is 48.6 Å². The maximum absolute atomic E-state index is 13.3. The van der Waals surface area contributed by atoms with Gasteiger partial charge in [0.15, 0.2) is 0 Å². The van der Waals surface area contributed by atoms with Crippen LogP contribution in [-0.4, -0.2) is 62.4 Å². The number of thioether (sulfide) groups is 1. The Morgan fingerprint density at radius 1 is 1.03 bits per heavy atom. The van der Waals surface area contributed by atoms with Gasteiger partial charge in [-0.05, 0) is 49.2 Å². The van der Waals surface area contributed by atoms with Crippen molar-refractivity contribution in [2.24, 2.45) is 0 Å². The van der Waals surface area contributed by atoms with E-state index >= 15 is 0 Å². The Kier molecular flexibility index (Phi) is 6.85. The van der Waals surface area contributed by atoms with Gasteiger partial charge in [-0.1, -0.05) is 19.1 Å². The summed E-state index contributed by atoms with van der Waals surface area (Å²) in [4.78, 5) is 21.2. The normalized spacial score (nSPS) is 20.3. The second-order valence-corrected chi connectivity index (χ2v) is 9.53. The molecule has 0 bridgehead atoms. The molecule has 2 aromatic carbocycles. The van der Waals surface area contributed by atoms with E-state index in [1.165, 1.54) is 10.6 Å². The average Bonchev–Trinajstić information content (AvgIpc) is 3.09. The van der Waals surface area contributed by atoms with Gasteiger partial charge in [0.05, 0.1) is 19.3 Å². The van der Waals surface area contributed by atoms with E-state index in [9.17, 15) is 4.79 Å². The Balaban J connectivity index is 1.39. The van der Waals surface area contributed by atoms with Crippen molar-refractivity contribution in [3.8, 4) is 5.75 Å². The molecule has 4 rings (SSSR count). The Morgan fingerprint density at radius 2 is 1.83 bits per heavy atom. The van der Waals surface area contributed by atoms with Gasteiger partial charge < -0.3 is 14.5 Å². The second kappa shape index (κ2) is 9.75. The molecule has 0 aromatic heterocycles. The summed E-state index contributed by atoms with van der Waals surface area (Å²) in [7, 11) is 1.69. The molecule has 1 atom stereocenters. The topological polar surface area (TPSA) is 36.0 Å². The quantitative estimate of drug-likeness (QED) is 0.736. The fourth-order valence-corrected chi connectivity index (χ4v) is 5.32. The third-order valence-electron chi connectivity index (χ3n) is 5.93. The van der Waals surface area contributed by atoms with Crippen molar-refractivity contribution >= 4 is 29.0 Å². The zero-order valence-corrected chi connectivity index (χ0v) is 18.7.